The third-order valence-corrected chi connectivity index (χ3v) is 11.4. The normalized spacial score (nSPS) is 24.0. The summed E-state index contributed by atoms with van der Waals surface area (Å²) in [5.74, 6) is -3.60. The maximum atomic E-state index is 15.0. The molecule has 2 fully saturated rings. The number of alkyl halides is 7. The van der Waals surface area contributed by atoms with Gasteiger partial charge in [-0.2, -0.15) is 26.3 Å². The summed E-state index contributed by atoms with van der Waals surface area (Å²) in [6, 6.07) is 2.23. The molecule has 2 heterocycles. The first-order valence-corrected chi connectivity index (χ1v) is 15.0. The molecule has 1 aliphatic carbocycles. The Morgan fingerprint density at radius 2 is 1.56 bits per heavy atom. The zero-order valence-corrected chi connectivity index (χ0v) is 23.8. The quantitative estimate of drug-likeness (QED) is 0.361. The van der Waals surface area contributed by atoms with Crippen LogP contribution in [0.25, 0.3) is 0 Å². The van der Waals surface area contributed by atoms with Crippen LogP contribution in [0, 0.1) is 5.82 Å². The van der Waals surface area contributed by atoms with Gasteiger partial charge >= 0.3 is 24.0 Å². The molecule has 2 saturated heterocycles. The second-order valence-electron chi connectivity index (χ2n) is 11.2. The van der Waals surface area contributed by atoms with E-state index in [9.17, 15) is 63.0 Å². The number of sulfone groups is 1. The molecule has 3 atom stereocenters. The van der Waals surface area contributed by atoms with E-state index in [1.165, 1.54) is 0 Å². The summed E-state index contributed by atoms with van der Waals surface area (Å²) in [4.78, 5) is 39.0. The number of aryl methyl sites for hydroxylation is 1. The average Bonchev–Trinajstić information content (AvgIpc) is 3.52. The molecule has 2 aromatic rings. The number of rotatable bonds is 6. The number of carboxylic acid groups (broad SMARTS) is 1. The summed E-state index contributed by atoms with van der Waals surface area (Å²) in [7, 11) is -4.70. The molecule has 0 radical (unpaired) electrons. The lowest BCUT2D eigenvalue weighted by molar-refractivity contribution is -0.348. The molecular formula is C28H24F8N2O6S. The molecule has 17 heteroatoms. The third kappa shape index (κ3) is 4.84. The van der Waals surface area contributed by atoms with E-state index in [1.807, 2.05) is 0 Å². The molecule has 2 amide bonds. The first-order chi connectivity index (χ1) is 20.8. The topological polar surface area (TPSA) is 112 Å². The van der Waals surface area contributed by atoms with Crippen LogP contribution in [-0.4, -0.2) is 78.6 Å². The Morgan fingerprint density at radius 1 is 0.933 bits per heavy atom. The van der Waals surface area contributed by atoms with Crippen LogP contribution in [0.5, 0.6) is 0 Å². The van der Waals surface area contributed by atoms with E-state index in [4.69, 9.17) is 0 Å². The Kier molecular flexibility index (Phi) is 7.73. The van der Waals surface area contributed by atoms with E-state index < -0.39 is 91.7 Å². The predicted octanol–water partition coefficient (Wildman–Crippen LogP) is 4.41. The van der Waals surface area contributed by atoms with Crippen LogP contribution in [0.4, 0.5) is 35.1 Å². The van der Waals surface area contributed by atoms with E-state index in [1.54, 1.807) is 0 Å². The number of halogens is 8. The number of nitrogens with zero attached hydrogens (tertiary/aromatic N) is 2. The predicted molar refractivity (Wildman–Crippen MR) is 137 cm³/mol. The number of likely N-dealkylation sites (tertiary alicyclic amines) is 2. The van der Waals surface area contributed by atoms with Crippen LogP contribution in [0.2, 0.25) is 0 Å². The highest BCUT2D eigenvalue weighted by Crippen LogP contribution is 2.57. The molecule has 0 bridgehead atoms. The second kappa shape index (κ2) is 10.7. The Hall–Kier alpha value is -3.76. The Bertz CT molecular complexity index is 1650. The van der Waals surface area contributed by atoms with E-state index in [0.717, 1.165) is 34.1 Å². The van der Waals surface area contributed by atoms with Crippen LogP contribution >= 0.6 is 0 Å². The van der Waals surface area contributed by atoms with Gasteiger partial charge in [0.05, 0.1) is 10.9 Å². The van der Waals surface area contributed by atoms with Crippen LogP contribution in [-0.2, 0) is 41.1 Å². The Labute approximate surface area is 250 Å². The minimum atomic E-state index is -6.41. The molecule has 0 saturated carbocycles. The highest BCUT2D eigenvalue weighted by molar-refractivity contribution is 7.92. The summed E-state index contributed by atoms with van der Waals surface area (Å²) in [5, 5.41) is 9.23. The Morgan fingerprint density at radius 3 is 2.13 bits per heavy atom. The van der Waals surface area contributed by atoms with Crippen molar-refractivity contribution >= 4 is 27.6 Å². The molecule has 1 N–H and O–H groups in total. The van der Waals surface area contributed by atoms with Gasteiger partial charge in [-0.3, -0.25) is 14.4 Å². The van der Waals surface area contributed by atoms with Gasteiger partial charge in [0.15, 0.2) is 9.84 Å². The number of carbonyl (C=O) groups is 3. The number of carboxylic acids is 1. The monoisotopic (exact) mass is 668 g/mol. The number of fused-ring (bicyclic) bond motifs is 3. The molecule has 244 valence electrons. The average molecular weight is 669 g/mol. The molecule has 45 heavy (non-hydrogen) atoms. The van der Waals surface area contributed by atoms with Crippen molar-refractivity contribution in [3.8, 4) is 0 Å². The molecule has 0 spiro atoms. The highest BCUT2D eigenvalue weighted by atomic mass is 32.2. The van der Waals surface area contributed by atoms with Crippen LogP contribution in [0.3, 0.4) is 0 Å². The molecule has 0 unspecified atom stereocenters. The van der Waals surface area contributed by atoms with Gasteiger partial charge in [0.2, 0.25) is 11.8 Å². The minimum Gasteiger partial charge on any atom is -0.480 e. The first kappa shape index (κ1) is 32.6. The van der Waals surface area contributed by atoms with Crippen LogP contribution in [0.15, 0.2) is 47.4 Å². The van der Waals surface area contributed by atoms with Gasteiger partial charge in [0, 0.05) is 18.5 Å². The summed E-state index contributed by atoms with van der Waals surface area (Å²) in [6.07, 6.45) is -14.1. The van der Waals surface area contributed by atoms with E-state index in [2.05, 4.69) is 0 Å². The van der Waals surface area contributed by atoms with Gasteiger partial charge in [-0.1, -0.05) is 18.2 Å². The number of hydrogen-bond acceptors (Lipinski definition) is 5. The zero-order valence-electron chi connectivity index (χ0n) is 23.0. The summed E-state index contributed by atoms with van der Waals surface area (Å²) >= 11 is 0. The SMILES string of the molecule is O=C(O)CN1C(=O)CC[C@H]1C(=O)N1CC[C@]2(S(=O)(=O)c3ccc(F)cc3)c3ccc(C(F)(C(F)(F)F)C(F)(F)F)cc3CC[C@H]12. The smallest absolute Gasteiger partial charge is 0.435 e. The van der Waals surface area contributed by atoms with Crippen molar-refractivity contribution in [2.24, 2.45) is 0 Å². The van der Waals surface area contributed by atoms with E-state index >= 15 is 0 Å². The highest BCUT2D eigenvalue weighted by Gasteiger charge is 2.74. The van der Waals surface area contributed by atoms with Crippen LogP contribution < -0.4 is 0 Å². The lowest BCUT2D eigenvalue weighted by atomic mass is 9.76. The number of aliphatic carboxylic acids is 1. The van der Waals surface area contributed by atoms with Crippen molar-refractivity contribution < 1.29 is 63.0 Å². The summed E-state index contributed by atoms with van der Waals surface area (Å²) in [5.41, 5.74) is -8.13. The zero-order chi connectivity index (χ0) is 33.3. The standard InChI is InChI=1S/C28H24F8N2O6S/c29-17-3-5-18(6-4-17)45(43,44)25-11-12-37(24(42)20-8-10-22(39)38(20)14-23(40)41)21(25)9-1-15-13-16(2-7-19(15)25)26(30,27(31,32)33)28(34,35)36/h2-7,13,20-21H,1,8-12,14H2,(H,40,41)/t20-,21-,25-/m0/s1. The molecule has 2 aliphatic heterocycles. The fraction of sp³-hybridized carbons (Fsp3) is 0.464. The van der Waals surface area contributed by atoms with Gasteiger partial charge in [0.25, 0.3) is 0 Å². The largest absolute Gasteiger partial charge is 0.480 e. The lowest BCUT2D eigenvalue weighted by Crippen LogP contribution is -2.56. The van der Waals surface area contributed by atoms with Crippen LogP contribution in [0.1, 0.15) is 42.4 Å². The van der Waals surface area contributed by atoms with Crippen molar-refractivity contribution in [2.45, 2.75) is 71.9 Å². The molecule has 3 aliphatic rings. The number of benzene rings is 2. The minimum absolute atomic E-state index is 0.0701. The van der Waals surface area contributed by atoms with Gasteiger partial charge in [-0.15, -0.1) is 0 Å². The maximum Gasteiger partial charge on any atom is 0.435 e. The molecule has 0 aromatic heterocycles. The van der Waals surface area contributed by atoms with Gasteiger partial charge in [-0.05, 0) is 61.1 Å². The Balaban J connectivity index is 1.66. The van der Waals surface area contributed by atoms with Crippen molar-refractivity contribution in [1.82, 2.24) is 9.80 Å². The van der Waals surface area contributed by atoms with Gasteiger partial charge in [0.1, 0.15) is 23.2 Å². The van der Waals surface area contributed by atoms with Crippen molar-refractivity contribution in [1.29, 1.82) is 0 Å². The van der Waals surface area contributed by atoms with Crippen molar-refractivity contribution in [2.75, 3.05) is 13.1 Å². The van der Waals surface area contributed by atoms with E-state index in [-0.39, 0.29) is 49.4 Å². The molecule has 5 rings (SSSR count). The fourth-order valence-corrected chi connectivity index (χ4v) is 9.21. The summed E-state index contributed by atoms with van der Waals surface area (Å²) < 4.78 is 137. The maximum absolute atomic E-state index is 15.0. The van der Waals surface area contributed by atoms with Crippen molar-refractivity contribution in [3.63, 3.8) is 0 Å². The number of carbonyl (C=O) groups excluding carboxylic acids is 2. The summed E-state index contributed by atoms with van der Waals surface area (Å²) in [6.45, 7) is -1.10. The molecule has 2 aromatic carbocycles. The molecule has 8 nitrogen and oxygen atoms in total. The fourth-order valence-electron chi connectivity index (χ4n) is 6.84. The number of amides is 2. The third-order valence-electron chi connectivity index (χ3n) is 8.87. The second-order valence-corrected chi connectivity index (χ2v) is 13.4. The molecular weight excluding hydrogens is 644 g/mol. The lowest BCUT2D eigenvalue weighted by Gasteiger charge is -2.43. The first-order valence-electron chi connectivity index (χ1n) is 13.6. The van der Waals surface area contributed by atoms with Gasteiger partial charge in [-0.25, -0.2) is 17.2 Å². The van der Waals surface area contributed by atoms with Gasteiger partial charge < -0.3 is 14.9 Å². The van der Waals surface area contributed by atoms with Crippen molar-refractivity contribution in [3.05, 3.63) is 65.0 Å². The van der Waals surface area contributed by atoms with E-state index in [0.29, 0.717) is 12.1 Å². The number of hydrogen-bond donors (Lipinski definition) is 1.